The van der Waals surface area contributed by atoms with Crippen molar-refractivity contribution >= 4 is 5.69 Å². The molecule has 1 heterocycles. The molecule has 0 aliphatic carbocycles. The summed E-state index contributed by atoms with van der Waals surface area (Å²) in [6.45, 7) is 3.76. The molecule has 0 radical (unpaired) electrons. The van der Waals surface area contributed by atoms with Crippen molar-refractivity contribution in [1.82, 2.24) is 5.32 Å². The van der Waals surface area contributed by atoms with Gasteiger partial charge in [0.25, 0.3) is 0 Å². The van der Waals surface area contributed by atoms with Crippen LogP contribution < -0.4 is 10.6 Å². The van der Waals surface area contributed by atoms with Crippen LogP contribution in [0.5, 0.6) is 0 Å². The molecule has 2 nitrogen and oxygen atoms in total. The third-order valence-electron chi connectivity index (χ3n) is 2.31. The Balaban J connectivity index is 2.30. The fraction of sp³-hybridized carbons (Fsp3) is 0.400. The first kappa shape index (κ1) is 8.51. The summed E-state index contributed by atoms with van der Waals surface area (Å²) < 4.78 is 12.9. The molecular formula is C10H13FN2. The Labute approximate surface area is 77.2 Å². The van der Waals surface area contributed by atoms with Gasteiger partial charge in [-0.1, -0.05) is 6.07 Å². The molecule has 0 bridgehead atoms. The molecule has 2 N–H and O–H groups in total. The van der Waals surface area contributed by atoms with Crippen molar-refractivity contribution in [1.29, 1.82) is 0 Å². The van der Waals surface area contributed by atoms with Gasteiger partial charge in [-0.3, -0.25) is 0 Å². The topological polar surface area (TPSA) is 24.1 Å². The highest BCUT2D eigenvalue weighted by Crippen LogP contribution is 2.19. The molecule has 1 aliphatic rings. The van der Waals surface area contributed by atoms with Crippen LogP contribution in [0.3, 0.4) is 0 Å². The van der Waals surface area contributed by atoms with Crippen molar-refractivity contribution < 1.29 is 4.39 Å². The van der Waals surface area contributed by atoms with Gasteiger partial charge < -0.3 is 10.6 Å². The Morgan fingerprint density at radius 3 is 3.15 bits per heavy atom. The first-order valence-electron chi connectivity index (χ1n) is 4.51. The molecular weight excluding hydrogens is 167 g/mol. The molecule has 2 rings (SSSR count). The molecule has 0 spiro atoms. The average molecular weight is 180 g/mol. The summed E-state index contributed by atoms with van der Waals surface area (Å²) in [7, 11) is 0. The molecule has 3 heteroatoms. The van der Waals surface area contributed by atoms with E-state index in [4.69, 9.17) is 0 Å². The minimum absolute atomic E-state index is 0.180. The summed E-state index contributed by atoms with van der Waals surface area (Å²) >= 11 is 0. The molecule has 1 aromatic carbocycles. The minimum Gasteiger partial charge on any atom is -0.383 e. The van der Waals surface area contributed by atoms with Gasteiger partial charge in [0.15, 0.2) is 0 Å². The van der Waals surface area contributed by atoms with E-state index in [9.17, 15) is 4.39 Å². The summed E-state index contributed by atoms with van der Waals surface area (Å²) in [5.74, 6) is -0.180. The number of fused-ring (bicyclic) bond motifs is 1. The summed E-state index contributed by atoms with van der Waals surface area (Å²) in [6.07, 6.45) is 0. The summed E-state index contributed by atoms with van der Waals surface area (Å²) in [4.78, 5) is 0. The van der Waals surface area contributed by atoms with Crippen LogP contribution in [0, 0.1) is 5.82 Å². The van der Waals surface area contributed by atoms with E-state index in [-0.39, 0.29) is 5.82 Å². The summed E-state index contributed by atoms with van der Waals surface area (Å²) in [5.41, 5.74) is 2.04. The van der Waals surface area contributed by atoms with Crippen LogP contribution in [0.25, 0.3) is 0 Å². The van der Waals surface area contributed by atoms with Crippen molar-refractivity contribution in [2.24, 2.45) is 0 Å². The number of hydrogen-bond acceptors (Lipinski definition) is 2. The fourth-order valence-corrected chi connectivity index (χ4v) is 1.49. The lowest BCUT2D eigenvalue weighted by atomic mass is 10.2. The van der Waals surface area contributed by atoms with Crippen molar-refractivity contribution in [3.8, 4) is 0 Å². The predicted octanol–water partition coefficient (Wildman–Crippen LogP) is 1.73. The molecule has 1 atom stereocenters. The van der Waals surface area contributed by atoms with E-state index in [0.29, 0.717) is 6.04 Å². The summed E-state index contributed by atoms with van der Waals surface area (Å²) in [5, 5.41) is 6.55. The van der Waals surface area contributed by atoms with Crippen LogP contribution in [0.15, 0.2) is 18.2 Å². The predicted molar refractivity (Wildman–Crippen MR) is 51.2 cm³/mol. The van der Waals surface area contributed by atoms with E-state index in [1.165, 1.54) is 6.07 Å². The second kappa shape index (κ2) is 3.34. The highest BCUT2D eigenvalue weighted by molar-refractivity contribution is 5.52. The van der Waals surface area contributed by atoms with E-state index >= 15 is 0 Å². The van der Waals surface area contributed by atoms with Crippen molar-refractivity contribution in [3.63, 3.8) is 0 Å². The quantitative estimate of drug-likeness (QED) is 0.635. The molecule has 1 unspecified atom stereocenters. The lowest BCUT2D eigenvalue weighted by Crippen LogP contribution is -2.29. The zero-order valence-corrected chi connectivity index (χ0v) is 7.60. The Kier molecular flexibility index (Phi) is 2.19. The Hall–Kier alpha value is -1.09. The van der Waals surface area contributed by atoms with Gasteiger partial charge in [-0.2, -0.15) is 0 Å². The number of halogens is 1. The average Bonchev–Trinajstić information content (AvgIpc) is 2.29. The molecule has 0 saturated heterocycles. The first-order valence-corrected chi connectivity index (χ1v) is 4.51. The zero-order valence-electron chi connectivity index (χ0n) is 7.60. The van der Waals surface area contributed by atoms with Gasteiger partial charge in [0.1, 0.15) is 5.82 Å². The molecule has 0 saturated carbocycles. The van der Waals surface area contributed by atoms with Gasteiger partial charge in [0.05, 0.1) is 0 Å². The monoisotopic (exact) mass is 180 g/mol. The standard InChI is InChI=1S/C10H13FN2/c1-7-5-13-10-4-9(11)3-2-8(10)6-12-7/h2-4,7,12-13H,5-6H2,1H3. The second-order valence-corrected chi connectivity index (χ2v) is 3.46. The van der Waals surface area contributed by atoms with Crippen LogP contribution in [0.2, 0.25) is 0 Å². The number of anilines is 1. The second-order valence-electron chi connectivity index (χ2n) is 3.46. The van der Waals surface area contributed by atoms with E-state index in [0.717, 1.165) is 24.3 Å². The van der Waals surface area contributed by atoms with Crippen LogP contribution in [0.4, 0.5) is 10.1 Å². The van der Waals surface area contributed by atoms with E-state index in [1.807, 2.05) is 6.07 Å². The van der Waals surface area contributed by atoms with Gasteiger partial charge in [-0.05, 0) is 24.6 Å². The molecule has 0 aromatic heterocycles. The normalized spacial score (nSPS) is 21.5. The largest absolute Gasteiger partial charge is 0.383 e. The minimum atomic E-state index is -0.180. The molecule has 1 aromatic rings. The maximum absolute atomic E-state index is 12.9. The van der Waals surface area contributed by atoms with Crippen LogP contribution in [-0.4, -0.2) is 12.6 Å². The lowest BCUT2D eigenvalue weighted by Gasteiger charge is -2.08. The molecule has 0 amide bonds. The van der Waals surface area contributed by atoms with Crippen LogP contribution in [-0.2, 0) is 6.54 Å². The van der Waals surface area contributed by atoms with Crippen molar-refractivity contribution in [2.75, 3.05) is 11.9 Å². The fourth-order valence-electron chi connectivity index (χ4n) is 1.49. The SMILES string of the molecule is CC1CNc2cc(F)ccc2CN1. The van der Waals surface area contributed by atoms with E-state index in [1.54, 1.807) is 6.07 Å². The van der Waals surface area contributed by atoms with Gasteiger partial charge >= 0.3 is 0 Å². The first-order chi connectivity index (χ1) is 6.25. The molecule has 70 valence electrons. The smallest absolute Gasteiger partial charge is 0.125 e. The van der Waals surface area contributed by atoms with E-state index < -0.39 is 0 Å². The van der Waals surface area contributed by atoms with Crippen LogP contribution in [0.1, 0.15) is 12.5 Å². The molecule has 13 heavy (non-hydrogen) atoms. The third kappa shape index (κ3) is 1.80. The third-order valence-corrected chi connectivity index (χ3v) is 2.31. The number of hydrogen-bond donors (Lipinski definition) is 2. The zero-order chi connectivity index (χ0) is 9.26. The maximum Gasteiger partial charge on any atom is 0.125 e. The van der Waals surface area contributed by atoms with Gasteiger partial charge in [0.2, 0.25) is 0 Å². The van der Waals surface area contributed by atoms with Gasteiger partial charge in [-0.15, -0.1) is 0 Å². The molecule has 0 fully saturated rings. The lowest BCUT2D eigenvalue weighted by molar-refractivity contribution is 0.580. The molecule has 1 aliphatic heterocycles. The summed E-state index contributed by atoms with van der Waals surface area (Å²) in [6, 6.07) is 5.30. The maximum atomic E-state index is 12.9. The Morgan fingerprint density at radius 2 is 2.31 bits per heavy atom. The van der Waals surface area contributed by atoms with Gasteiger partial charge in [0, 0.05) is 24.8 Å². The van der Waals surface area contributed by atoms with Gasteiger partial charge in [-0.25, -0.2) is 4.39 Å². The Morgan fingerprint density at radius 1 is 1.46 bits per heavy atom. The highest BCUT2D eigenvalue weighted by Gasteiger charge is 2.10. The van der Waals surface area contributed by atoms with E-state index in [2.05, 4.69) is 17.6 Å². The van der Waals surface area contributed by atoms with Crippen molar-refractivity contribution in [3.05, 3.63) is 29.6 Å². The Bertz CT molecular complexity index is 312. The number of rotatable bonds is 0. The number of nitrogens with one attached hydrogen (secondary N) is 2. The van der Waals surface area contributed by atoms with Crippen LogP contribution >= 0.6 is 0 Å². The number of benzene rings is 1. The van der Waals surface area contributed by atoms with Crippen molar-refractivity contribution in [2.45, 2.75) is 19.5 Å². The highest BCUT2D eigenvalue weighted by atomic mass is 19.1.